The first-order chi connectivity index (χ1) is 7.65. The largest absolute Gasteiger partial charge is 0.391 e. The summed E-state index contributed by atoms with van der Waals surface area (Å²) in [5.74, 6) is 1.55. The zero-order valence-electron chi connectivity index (χ0n) is 9.70. The van der Waals surface area contributed by atoms with Crippen LogP contribution in [0.2, 0.25) is 0 Å². The van der Waals surface area contributed by atoms with E-state index in [4.69, 9.17) is 0 Å². The van der Waals surface area contributed by atoms with E-state index in [0.717, 1.165) is 35.5 Å². The van der Waals surface area contributed by atoms with Crippen LogP contribution in [0.25, 0.3) is 0 Å². The highest BCUT2D eigenvalue weighted by Crippen LogP contribution is 2.12. The van der Waals surface area contributed by atoms with Crippen molar-refractivity contribution in [3.63, 3.8) is 0 Å². The summed E-state index contributed by atoms with van der Waals surface area (Å²) in [6.45, 7) is 4.59. The zero-order valence-corrected chi connectivity index (χ0v) is 11.3. The molecule has 0 aliphatic heterocycles. The first kappa shape index (κ1) is 13.4. The highest BCUT2D eigenvalue weighted by atomic mass is 79.9. The number of rotatable bonds is 6. The third kappa shape index (κ3) is 4.45. The summed E-state index contributed by atoms with van der Waals surface area (Å²) >= 11 is 3.34. The van der Waals surface area contributed by atoms with Gasteiger partial charge in [-0.2, -0.15) is 0 Å². The number of aryl methyl sites for hydroxylation is 1. The predicted molar refractivity (Wildman–Crippen MR) is 68.5 cm³/mol. The molecule has 1 unspecified atom stereocenters. The summed E-state index contributed by atoms with van der Waals surface area (Å²) < 4.78 is 0.770. The molecule has 0 aliphatic carbocycles. The molecule has 0 fully saturated rings. The van der Waals surface area contributed by atoms with Gasteiger partial charge in [-0.25, -0.2) is 9.97 Å². The number of nitrogens with one attached hydrogen (secondary N) is 1. The summed E-state index contributed by atoms with van der Waals surface area (Å²) in [6, 6.07) is 1.82. The molecule has 1 rings (SSSR count). The van der Waals surface area contributed by atoms with Crippen molar-refractivity contribution in [1.82, 2.24) is 9.97 Å². The van der Waals surface area contributed by atoms with Gasteiger partial charge in [-0.15, -0.1) is 0 Å². The van der Waals surface area contributed by atoms with E-state index in [1.54, 1.807) is 0 Å². The van der Waals surface area contributed by atoms with Gasteiger partial charge in [0.25, 0.3) is 0 Å². The lowest BCUT2D eigenvalue weighted by molar-refractivity contribution is 0.176. The average Bonchev–Trinajstić information content (AvgIpc) is 2.26. The maximum atomic E-state index is 9.59. The fourth-order valence-corrected chi connectivity index (χ4v) is 1.79. The van der Waals surface area contributed by atoms with Crippen LogP contribution in [0.5, 0.6) is 0 Å². The maximum Gasteiger partial charge on any atom is 0.131 e. The highest BCUT2D eigenvalue weighted by Gasteiger charge is 2.05. The summed E-state index contributed by atoms with van der Waals surface area (Å²) in [5, 5.41) is 12.7. The molecule has 1 heterocycles. The Morgan fingerprint density at radius 3 is 2.81 bits per heavy atom. The first-order valence-electron chi connectivity index (χ1n) is 5.61. The number of hydrogen-bond donors (Lipinski definition) is 2. The first-order valence-corrected chi connectivity index (χ1v) is 6.40. The van der Waals surface area contributed by atoms with E-state index in [9.17, 15) is 5.11 Å². The summed E-state index contributed by atoms with van der Waals surface area (Å²) in [7, 11) is 0. The monoisotopic (exact) mass is 287 g/mol. The van der Waals surface area contributed by atoms with Crippen LogP contribution >= 0.6 is 15.9 Å². The molecule has 0 bridgehead atoms. The van der Waals surface area contributed by atoms with Crippen molar-refractivity contribution in [3.8, 4) is 0 Å². The molecule has 0 aliphatic rings. The van der Waals surface area contributed by atoms with Crippen molar-refractivity contribution in [2.45, 2.75) is 39.2 Å². The third-order valence-corrected chi connectivity index (χ3v) is 2.60. The van der Waals surface area contributed by atoms with Crippen molar-refractivity contribution in [1.29, 1.82) is 0 Å². The Bertz CT molecular complexity index is 333. The summed E-state index contributed by atoms with van der Waals surface area (Å²) in [5.41, 5.74) is 0. The number of halogens is 1. The zero-order chi connectivity index (χ0) is 12.0. The molecule has 0 saturated heterocycles. The third-order valence-electron chi connectivity index (χ3n) is 2.20. The Morgan fingerprint density at radius 1 is 1.44 bits per heavy atom. The molecule has 0 radical (unpaired) electrons. The Kier molecular flexibility index (Phi) is 5.69. The van der Waals surface area contributed by atoms with E-state index in [0.29, 0.717) is 6.54 Å². The average molecular weight is 288 g/mol. The fourth-order valence-electron chi connectivity index (χ4n) is 1.37. The van der Waals surface area contributed by atoms with Crippen molar-refractivity contribution < 1.29 is 5.11 Å². The molecular formula is C11H18BrN3O. The smallest absolute Gasteiger partial charge is 0.131 e. The molecule has 90 valence electrons. The van der Waals surface area contributed by atoms with Crippen molar-refractivity contribution >= 4 is 21.7 Å². The van der Waals surface area contributed by atoms with Crippen molar-refractivity contribution in [3.05, 3.63) is 16.5 Å². The molecule has 16 heavy (non-hydrogen) atoms. The van der Waals surface area contributed by atoms with Gasteiger partial charge in [0.1, 0.15) is 16.2 Å². The topological polar surface area (TPSA) is 58.0 Å². The Labute approximate surface area is 105 Å². The van der Waals surface area contributed by atoms with E-state index < -0.39 is 0 Å². The van der Waals surface area contributed by atoms with Gasteiger partial charge >= 0.3 is 0 Å². The summed E-state index contributed by atoms with van der Waals surface area (Å²) in [4.78, 5) is 8.54. The predicted octanol–water partition coefficient (Wildman–Crippen LogP) is 2.37. The van der Waals surface area contributed by atoms with Crippen LogP contribution in [0.15, 0.2) is 10.7 Å². The van der Waals surface area contributed by atoms with Crippen LogP contribution in [0.3, 0.4) is 0 Å². The number of aromatic nitrogens is 2. The number of hydrogen-bond acceptors (Lipinski definition) is 4. The van der Waals surface area contributed by atoms with Gasteiger partial charge in [0, 0.05) is 19.0 Å². The fraction of sp³-hybridized carbons (Fsp3) is 0.636. The normalized spacial score (nSPS) is 12.5. The number of anilines is 1. The second kappa shape index (κ2) is 6.81. The van der Waals surface area contributed by atoms with Crippen molar-refractivity contribution in [2.75, 3.05) is 11.9 Å². The number of aliphatic hydroxyl groups is 1. The molecule has 2 N–H and O–H groups in total. The van der Waals surface area contributed by atoms with Gasteiger partial charge in [0.05, 0.1) is 6.10 Å². The van der Waals surface area contributed by atoms with Gasteiger partial charge in [-0.3, -0.25) is 0 Å². The second-order valence-corrected chi connectivity index (χ2v) is 4.48. The molecule has 1 atom stereocenters. The van der Waals surface area contributed by atoms with Crippen LogP contribution in [-0.4, -0.2) is 27.7 Å². The molecule has 5 heteroatoms. The molecular weight excluding hydrogens is 270 g/mol. The quantitative estimate of drug-likeness (QED) is 0.789. The Hall–Kier alpha value is -0.680. The SMILES string of the molecule is CCCC(O)CNc1cc(Br)nc(CC)n1. The van der Waals surface area contributed by atoms with E-state index in [1.165, 1.54) is 0 Å². The van der Waals surface area contributed by atoms with E-state index in [2.05, 4.69) is 38.1 Å². The lowest BCUT2D eigenvalue weighted by atomic mass is 10.2. The Morgan fingerprint density at radius 2 is 2.19 bits per heavy atom. The van der Waals surface area contributed by atoms with Crippen LogP contribution in [-0.2, 0) is 6.42 Å². The molecule has 4 nitrogen and oxygen atoms in total. The van der Waals surface area contributed by atoms with Crippen LogP contribution in [0.1, 0.15) is 32.5 Å². The van der Waals surface area contributed by atoms with Crippen LogP contribution < -0.4 is 5.32 Å². The van der Waals surface area contributed by atoms with Gasteiger partial charge in [-0.05, 0) is 22.4 Å². The van der Waals surface area contributed by atoms with Crippen LogP contribution in [0.4, 0.5) is 5.82 Å². The van der Waals surface area contributed by atoms with E-state index >= 15 is 0 Å². The standard InChI is InChI=1S/C11H18BrN3O/c1-3-5-8(16)7-13-11-6-9(12)14-10(4-2)15-11/h6,8,16H,3-5,7H2,1-2H3,(H,13,14,15). The van der Waals surface area contributed by atoms with Gasteiger partial charge in [-0.1, -0.05) is 20.3 Å². The summed E-state index contributed by atoms with van der Waals surface area (Å²) in [6.07, 6.45) is 2.27. The lowest BCUT2D eigenvalue weighted by Crippen LogP contribution is -2.19. The van der Waals surface area contributed by atoms with Gasteiger partial charge < -0.3 is 10.4 Å². The lowest BCUT2D eigenvalue weighted by Gasteiger charge is -2.11. The second-order valence-electron chi connectivity index (χ2n) is 3.67. The van der Waals surface area contributed by atoms with E-state index in [-0.39, 0.29) is 6.10 Å². The number of aliphatic hydroxyl groups excluding tert-OH is 1. The minimum absolute atomic E-state index is 0.316. The molecule has 0 amide bonds. The molecule has 0 saturated carbocycles. The minimum Gasteiger partial charge on any atom is -0.391 e. The van der Waals surface area contributed by atoms with E-state index in [1.807, 2.05) is 13.0 Å². The molecule has 1 aromatic heterocycles. The number of nitrogens with zero attached hydrogens (tertiary/aromatic N) is 2. The van der Waals surface area contributed by atoms with Gasteiger partial charge in [0.15, 0.2) is 0 Å². The maximum absolute atomic E-state index is 9.59. The van der Waals surface area contributed by atoms with Crippen LogP contribution in [0, 0.1) is 0 Å². The highest BCUT2D eigenvalue weighted by molar-refractivity contribution is 9.10. The molecule has 0 aromatic carbocycles. The Balaban J connectivity index is 2.56. The molecule has 1 aromatic rings. The minimum atomic E-state index is -0.316. The molecule has 0 spiro atoms. The van der Waals surface area contributed by atoms with Gasteiger partial charge in [0.2, 0.25) is 0 Å². The van der Waals surface area contributed by atoms with Crippen molar-refractivity contribution in [2.24, 2.45) is 0 Å².